The Morgan fingerprint density at radius 2 is 1.73 bits per heavy atom. The van der Waals surface area contributed by atoms with Crippen LogP contribution >= 0.6 is 0 Å². The summed E-state index contributed by atoms with van der Waals surface area (Å²) in [5.74, 6) is -4.51. The number of nitrogens with zero attached hydrogens (tertiary/aromatic N) is 1. The third-order valence-electron chi connectivity index (χ3n) is 5.22. The summed E-state index contributed by atoms with van der Waals surface area (Å²) < 4.78 is 28.9. The second-order valence-corrected chi connectivity index (χ2v) is 10.2. The lowest BCUT2D eigenvalue weighted by atomic mass is 10.0. The normalized spacial score (nSPS) is 15.9. The molecule has 182 valence electrons. The lowest BCUT2D eigenvalue weighted by Crippen LogP contribution is -2.50. The Morgan fingerprint density at radius 1 is 1.09 bits per heavy atom. The third-order valence-corrected chi connectivity index (χ3v) is 6.23. The quantitative estimate of drug-likeness (QED) is 0.413. The van der Waals surface area contributed by atoms with Crippen LogP contribution in [0.15, 0.2) is 30.3 Å². The molecule has 1 aliphatic rings. The number of nitrogens with one attached hydrogen (secondary N) is 2. The van der Waals surface area contributed by atoms with E-state index in [4.69, 9.17) is 4.74 Å². The van der Waals surface area contributed by atoms with E-state index in [2.05, 4.69) is 10.6 Å². The van der Waals surface area contributed by atoms with E-state index in [-0.39, 0.29) is 25.3 Å². The third kappa shape index (κ3) is 8.93. The van der Waals surface area contributed by atoms with Crippen LogP contribution in [0.25, 0.3) is 0 Å². The number of hydrogen-bond acceptors (Lipinski definition) is 7. The summed E-state index contributed by atoms with van der Waals surface area (Å²) in [5, 5.41) is 4.99. The molecule has 11 heteroatoms. The molecule has 0 saturated carbocycles. The fraction of sp³-hybridized carbons (Fsp3) is 0.545. The highest BCUT2D eigenvalue weighted by atomic mass is 32.2. The number of carbonyl (C=O) groups is 4. The van der Waals surface area contributed by atoms with Gasteiger partial charge in [0.05, 0.1) is 30.9 Å². The fourth-order valence-corrected chi connectivity index (χ4v) is 4.41. The molecule has 1 heterocycles. The van der Waals surface area contributed by atoms with Gasteiger partial charge in [0.25, 0.3) is 5.91 Å². The molecule has 1 fully saturated rings. The van der Waals surface area contributed by atoms with Gasteiger partial charge in [0.1, 0.15) is 9.84 Å². The van der Waals surface area contributed by atoms with Crippen LogP contribution in [0, 0.1) is 5.92 Å². The molecule has 1 aromatic carbocycles. The largest absolute Gasteiger partial charge is 0.378 e. The molecule has 0 aliphatic carbocycles. The molecule has 2 rings (SSSR count). The molecule has 3 amide bonds. The van der Waals surface area contributed by atoms with E-state index < -0.39 is 45.1 Å². The van der Waals surface area contributed by atoms with Crippen LogP contribution in [0.5, 0.6) is 0 Å². The minimum absolute atomic E-state index is 0.131. The van der Waals surface area contributed by atoms with E-state index in [9.17, 15) is 27.6 Å². The lowest BCUT2D eigenvalue weighted by molar-refractivity contribution is -0.141. The summed E-state index contributed by atoms with van der Waals surface area (Å²) in [6.07, 6.45) is 0.794. The standard InChI is InChI=1S/C22H31N3O7S/c1-3-18(20(27)22(29)23-14-16-7-5-4-6-8-16)24-21(28)17(15-33(2,30)31)13-19(26)25-9-11-32-12-10-25/h4-8,17-18H,3,9-15H2,1-2H3,(H,23,29)(H,24,28). The zero-order valence-corrected chi connectivity index (χ0v) is 19.7. The summed E-state index contributed by atoms with van der Waals surface area (Å²) in [6, 6.07) is 7.90. The number of benzene rings is 1. The van der Waals surface area contributed by atoms with Gasteiger partial charge >= 0.3 is 0 Å². The number of ketones is 1. The Morgan fingerprint density at radius 3 is 2.30 bits per heavy atom. The van der Waals surface area contributed by atoms with Crippen LogP contribution in [-0.2, 0) is 40.3 Å². The molecular formula is C22H31N3O7S. The van der Waals surface area contributed by atoms with Crippen molar-refractivity contribution in [2.45, 2.75) is 32.4 Å². The van der Waals surface area contributed by atoms with E-state index in [1.807, 2.05) is 6.07 Å². The van der Waals surface area contributed by atoms with Crippen LogP contribution in [0.1, 0.15) is 25.3 Å². The van der Waals surface area contributed by atoms with Gasteiger partial charge in [-0.05, 0) is 12.0 Å². The number of rotatable bonds is 11. The minimum atomic E-state index is -3.58. The first-order chi connectivity index (χ1) is 15.6. The molecule has 10 nitrogen and oxygen atoms in total. The summed E-state index contributed by atoms with van der Waals surface area (Å²) in [6.45, 7) is 3.25. The predicted octanol–water partition coefficient (Wildman–Crippen LogP) is -0.324. The molecule has 0 spiro atoms. The van der Waals surface area contributed by atoms with E-state index in [1.54, 1.807) is 31.2 Å². The number of hydrogen-bond donors (Lipinski definition) is 2. The van der Waals surface area contributed by atoms with Gasteiger partial charge in [-0.3, -0.25) is 19.2 Å². The maximum Gasteiger partial charge on any atom is 0.289 e. The average Bonchev–Trinajstić information content (AvgIpc) is 2.80. The van der Waals surface area contributed by atoms with Gasteiger partial charge in [0.15, 0.2) is 0 Å². The zero-order chi connectivity index (χ0) is 24.4. The number of amides is 3. The molecule has 33 heavy (non-hydrogen) atoms. The fourth-order valence-electron chi connectivity index (χ4n) is 3.41. The summed E-state index contributed by atoms with van der Waals surface area (Å²) in [7, 11) is -3.58. The molecule has 1 aliphatic heterocycles. The molecule has 2 atom stereocenters. The first-order valence-corrected chi connectivity index (χ1v) is 12.9. The number of ether oxygens (including phenoxy) is 1. The van der Waals surface area contributed by atoms with Crippen LogP contribution in [-0.4, -0.2) is 81.2 Å². The molecule has 0 radical (unpaired) electrons. The van der Waals surface area contributed by atoms with Crippen LogP contribution < -0.4 is 10.6 Å². The molecule has 1 aromatic rings. The van der Waals surface area contributed by atoms with Gasteiger partial charge in [-0.15, -0.1) is 0 Å². The van der Waals surface area contributed by atoms with E-state index in [0.717, 1.165) is 11.8 Å². The smallest absolute Gasteiger partial charge is 0.289 e. The number of sulfone groups is 1. The van der Waals surface area contributed by atoms with Crippen molar-refractivity contribution in [1.82, 2.24) is 15.5 Å². The van der Waals surface area contributed by atoms with Crippen LogP contribution in [0.2, 0.25) is 0 Å². The molecule has 2 N–H and O–H groups in total. The molecular weight excluding hydrogens is 450 g/mol. The Kier molecular flexibility index (Phi) is 9.98. The molecule has 0 bridgehead atoms. The SMILES string of the molecule is CCC(NC(=O)C(CC(=O)N1CCOCC1)CS(C)(=O)=O)C(=O)C(=O)NCc1ccccc1. The van der Waals surface area contributed by atoms with Gasteiger partial charge in [0, 0.05) is 32.3 Å². The highest BCUT2D eigenvalue weighted by Gasteiger charge is 2.32. The van der Waals surface area contributed by atoms with Gasteiger partial charge in [-0.1, -0.05) is 37.3 Å². The Labute approximate surface area is 194 Å². The van der Waals surface area contributed by atoms with Gasteiger partial charge in [-0.2, -0.15) is 0 Å². The van der Waals surface area contributed by atoms with Crippen LogP contribution in [0.4, 0.5) is 0 Å². The maximum atomic E-state index is 12.9. The topological polar surface area (TPSA) is 139 Å². The van der Waals surface area contributed by atoms with Gasteiger partial charge < -0.3 is 20.3 Å². The van der Waals surface area contributed by atoms with Crippen LogP contribution in [0.3, 0.4) is 0 Å². The Balaban J connectivity index is 2.01. The van der Waals surface area contributed by atoms with Crippen molar-refractivity contribution >= 4 is 33.3 Å². The van der Waals surface area contributed by atoms with Gasteiger partial charge in [0.2, 0.25) is 17.6 Å². The van der Waals surface area contributed by atoms with Crippen molar-refractivity contribution in [2.24, 2.45) is 5.92 Å². The monoisotopic (exact) mass is 481 g/mol. The molecule has 2 unspecified atom stereocenters. The predicted molar refractivity (Wildman–Crippen MR) is 121 cm³/mol. The van der Waals surface area contributed by atoms with Gasteiger partial charge in [-0.25, -0.2) is 8.42 Å². The Bertz CT molecular complexity index is 944. The van der Waals surface area contributed by atoms with E-state index in [0.29, 0.717) is 26.3 Å². The maximum absolute atomic E-state index is 12.9. The average molecular weight is 482 g/mol. The van der Waals surface area contributed by atoms with Crippen molar-refractivity contribution in [3.8, 4) is 0 Å². The van der Waals surface area contributed by atoms with Crippen molar-refractivity contribution in [2.75, 3.05) is 38.3 Å². The first-order valence-electron chi connectivity index (χ1n) is 10.8. The second-order valence-electron chi connectivity index (χ2n) is 7.99. The zero-order valence-electron chi connectivity index (χ0n) is 18.9. The molecule has 0 aromatic heterocycles. The van der Waals surface area contributed by atoms with Crippen molar-refractivity contribution in [3.63, 3.8) is 0 Å². The first kappa shape index (κ1) is 26.5. The Hall–Kier alpha value is -2.79. The second kappa shape index (κ2) is 12.4. The number of carbonyl (C=O) groups excluding carboxylic acids is 4. The van der Waals surface area contributed by atoms with Crippen molar-refractivity contribution < 1.29 is 32.3 Å². The highest BCUT2D eigenvalue weighted by molar-refractivity contribution is 7.90. The number of morpholine rings is 1. The van der Waals surface area contributed by atoms with Crippen molar-refractivity contribution in [1.29, 1.82) is 0 Å². The van der Waals surface area contributed by atoms with E-state index >= 15 is 0 Å². The highest BCUT2D eigenvalue weighted by Crippen LogP contribution is 2.12. The number of Topliss-reactive ketones (excluding diaryl/α,β-unsaturated/α-hetero) is 1. The summed E-state index contributed by atoms with van der Waals surface area (Å²) in [4.78, 5) is 51.8. The van der Waals surface area contributed by atoms with E-state index in [1.165, 1.54) is 4.90 Å². The summed E-state index contributed by atoms with van der Waals surface area (Å²) >= 11 is 0. The molecule has 1 saturated heterocycles. The van der Waals surface area contributed by atoms with Crippen molar-refractivity contribution in [3.05, 3.63) is 35.9 Å². The minimum Gasteiger partial charge on any atom is -0.378 e. The summed E-state index contributed by atoms with van der Waals surface area (Å²) in [5.41, 5.74) is 0.811. The lowest BCUT2D eigenvalue weighted by Gasteiger charge is -2.28.